The van der Waals surface area contributed by atoms with Gasteiger partial charge >= 0.3 is 12.0 Å². The lowest BCUT2D eigenvalue weighted by atomic mass is 10.0. The van der Waals surface area contributed by atoms with Gasteiger partial charge in [0.2, 0.25) is 0 Å². The van der Waals surface area contributed by atoms with Crippen molar-refractivity contribution < 1.29 is 14.7 Å². The van der Waals surface area contributed by atoms with Gasteiger partial charge in [0.15, 0.2) is 0 Å². The second-order valence-electron chi connectivity index (χ2n) is 5.09. The van der Waals surface area contributed by atoms with Crippen LogP contribution in [0, 0.1) is 0 Å². The predicted octanol–water partition coefficient (Wildman–Crippen LogP) is 2.01. The molecule has 1 aliphatic heterocycles. The van der Waals surface area contributed by atoms with Crippen molar-refractivity contribution in [1.82, 2.24) is 10.2 Å². The van der Waals surface area contributed by atoms with Crippen LogP contribution in [0.4, 0.5) is 4.79 Å². The van der Waals surface area contributed by atoms with Crippen molar-refractivity contribution in [2.75, 3.05) is 6.54 Å². The molecule has 5 heteroatoms. The fourth-order valence-corrected chi connectivity index (χ4v) is 2.44. The summed E-state index contributed by atoms with van der Waals surface area (Å²) in [5.41, 5.74) is 2.45. The van der Waals surface area contributed by atoms with Crippen LogP contribution >= 0.6 is 0 Å². The van der Waals surface area contributed by atoms with Crippen molar-refractivity contribution in [1.29, 1.82) is 0 Å². The highest BCUT2D eigenvalue weighted by Crippen LogP contribution is 2.18. The van der Waals surface area contributed by atoms with Crippen LogP contribution in [0.3, 0.4) is 0 Å². The summed E-state index contributed by atoms with van der Waals surface area (Å²) in [7, 11) is 0. The van der Waals surface area contributed by atoms with E-state index in [1.54, 1.807) is 4.90 Å². The smallest absolute Gasteiger partial charge is 0.317 e. The molecule has 20 heavy (non-hydrogen) atoms. The first-order valence-corrected chi connectivity index (χ1v) is 6.94. The van der Waals surface area contributed by atoms with E-state index in [0.29, 0.717) is 19.5 Å². The molecule has 0 saturated heterocycles. The van der Waals surface area contributed by atoms with Crippen LogP contribution in [-0.2, 0) is 17.8 Å². The first-order chi connectivity index (χ1) is 9.60. The number of hydrogen-bond donors (Lipinski definition) is 2. The summed E-state index contributed by atoms with van der Waals surface area (Å²) in [6, 6.07) is 7.62. The lowest BCUT2D eigenvalue weighted by Gasteiger charge is -2.30. The number of hydrogen-bond acceptors (Lipinski definition) is 2. The Hall–Kier alpha value is -2.04. The van der Waals surface area contributed by atoms with Crippen LogP contribution in [0.2, 0.25) is 0 Å². The second-order valence-corrected chi connectivity index (χ2v) is 5.09. The van der Waals surface area contributed by atoms with Crippen molar-refractivity contribution in [3.8, 4) is 0 Å². The van der Waals surface area contributed by atoms with Gasteiger partial charge in [-0.05, 0) is 24.0 Å². The van der Waals surface area contributed by atoms with Gasteiger partial charge in [0.1, 0.15) is 0 Å². The Morgan fingerprint density at radius 2 is 2.05 bits per heavy atom. The number of carboxylic acids is 1. The number of amides is 2. The maximum atomic E-state index is 12.2. The highest BCUT2D eigenvalue weighted by molar-refractivity contribution is 5.76. The lowest BCUT2D eigenvalue weighted by Crippen LogP contribution is -2.47. The largest absolute Gasteiger partial charge is 0.481 e. The zero-order chi connectivity index (χ0) is 14.5. The lowest BCUT2D eigenvalue weighted by molar-refractivity contribution is -0.137. The summed E-state index contributed by atoms with van der Waals surface area (Å²) < 4.78 is 0. The van der Waals surface area contributed by atoms with Gasteiger partial charge in [0.25, 0.3) is 0 Å². The predicted molar refractivity (Wildman–Crippen MR) is 75.4 cm³/mol. The van der Waals surface area contributed by atoms with Gasteiger partial charge in [-0.15, -0.1) is 0 Å². The zero-order valence-electron chi connectivity index (χ0n) is 11.6. The van der Waals surface area contributed by atoms with Gasteiger partial charge in [0.05, 0.1) is 6.42 Å². The molecule has 1 heterocycles. The molecule has 5 nitrogen and oxygen atoms in total. The standard InChI is InChI=1S/C15H20N2O3/c1-2-13(9-14(18)19)16-15(20)17-8-7-11-5-3-4-6-12(11)10-17/h3-6,13H,2,7-10H2,1H3,(H,16,20)(H,18,19). The summed E-state index contributed by atoms with van der Waals surface area (Å²) in [6.07, 6.45) is 1.43. The van der Waals surface area contributed by atoms with E-state index >= 15 is 0 Å². The summed E-state index contributed by atoms with van der Waals surface area (Å²) in [5.74, 6) is -0.888. The maximum absolute atomic E-state index is 12.2. The van der Waals surface area contributed by atoms with E-state index in [1.807, 2.05) is 25.1 Å². The Morgan fingerprint density at radius 3 is 2.70 bits per heavy atom. The monoisotopic (exact) mass is 276 g/mol. The molecular weight excluding hydrogens is 256 g/mol. The van der Waals surface area contributed by atoms with Crippen LogP contribution in [0.25, 0.3) is 0 Å². The molecule has 0 spiro atoms. The molecule has 2 N–H and O–H groups in total. The third kappa shape index (κ3) is 3.50. The molecule has 0 bridgehead atoms. The fourth-order valence-electron chi connectivity index (χ4n) is 2.44. The summed E-state index contributed by atoms with van der Waals surface area (Å²) in [4.78, 5) is 24.6. The zero-order valence-corrected chi connectivity index (χ0v) is 11.6. The number of carbonyl (C=O) groups excluding carboxylic acids is 1. The normalized spacial score (nSPS) is 15.3. The third-order valence-corrected chi connectivity index (χ3v) is 3.66. The molecule has 1 unspecified atom stereocenters. The van der Waals surface area contributed by atoms with E-state index in [-0.39, 0.29) is 18.5 Å². The Morgan fingerprint density at radius 1 is 1.35 bits per heavy atom. The number of rotatable bonds is 4. The van der Waals surface area contributed by atoms with E-state index < -0.39 is 5.97 Å². The van der Waals surface area contributed by atoms with Gasteiger partial charge in [-0.3, -0.25) is 4.79 Å². The number of urea groups is 1. The molecule has 0 saturated carbocycles. The molecule has 1 aliphatic rings. The molecule has 0 fully saturated rings. The minimum Gasteiger partial charge on any atom is -0.481 e. The van der Waals surface area contributed by atoms with Crippen LogP contribution in [0.15, 0.2) is 24.3 Å². The molecule has 0 radical (unpaired) electrons. The average molecular weight is 276 g/mol. The Kier molecular flexibility index (Phi) is 4.61. The van der Waals surface area contributed by atoms with Crippen molar-refractivity contribution in [2.24, 2.45) is 0 Å². The van der Waals surface area contributed by atoms with Crippen LogP contribution in [0.1, 0.15) is 30.9 Å². The number of nitrogens with one attached hydrogen (secondary N) is 1. The molecule has 108 valence electrons. The summed E-state index contributed by atoms with van der Waals surface area (Å²) in [5, 5.41) is 11.6. The van der Waals surface area contributed by atoms with Crippen LogP contribution < -0.4 is 5.32 Å². The van der Waals surface area contributed by atoms with E-state index in [9.17, 15) is 9.59 Å². The van der Waals surface area contributed by atoms with Crippen molar-refractivity contribution in [3.05, 3.63) is 35.4 Å². The molecule has 1 atom stereocenters. The van der Waals surface area contributed by atoms with Gasteiger partial charge < -0.3 is 15.3 Å². The number of carboxylic acid groups (broad SMARTS) is 1. The highest BCUT2D eigenvalue weighted by atomic mass is 16.4. The molecule has 2 amide bonds. The summed E-state index contributed by atoms with van der Waals surface area (Å²) >= 11 is 0. The number of aliphatic carboxylic acids is 1. The highest BCUT2D eigenvalue weighted by Gasteiger charge is 2.22. The SMILES string of the molecule is CCC(CC(=O)O)NC(=O)N1CCc2ccccc2C1. The number of fused-ring (bicyclic) bond motifs is 1. The van der Waals surface area contributed by atoms with Crippen molar-refractivity contribution in [2.45, 2.75) is 38.8 Å². The molecule has 2 rings (SSSR count). The molecule has 0 aliphatic carbocycles. The third-order valence-electron chi connectivity index (χ3n) is 3.66. The van der Waals surface area contributed by atoms with Gasteiger partial charge in [0, 0.05) is 19.1 Å². The quantitative estimate of drug-likeness (QED) is 0.883. The Balaban J connectivity index is 1.95. The van der Waals surface area contributed by atoms with E-state index in [4.69, 9.17) is 5.11 Å². The number of carbonyl (C=O) groups is 2. The molecule has 1 aromatic carbocycles. The molecule has 1 aromatic rings. The Labute approximate surface area is 118 Å². The topological polar surface area (TPSA) is 69.6 Å². The molecule has 0 aromatic heterocycles. The van der Waals surface area contributed by atoms with Gasteiger partial charge in [-0.25, -0.2) is 4.79 Å². The van der Waals surface area contributed by atoms with E-state index in [0.717, 1.165) is 6.42 Å². The first kappa shape index (κ1) is 14.4. The first-order valence-electron chi connectivity index (χ1n) is 6.94. The van der Waals surface area contributed by atoms with Crippen LogP contribution in [0.5, 0.6) is 0 Å². The fraction of sp³-hybridized carbons (Fsp3) is 0.467. The maximum Gasteiger partial charge on any atom is 0.317 e. The van der Waals surface area contributed by atoms with E-state index in [1.165, 1.54) is 11.1 Å². The second kappa shape index (κ2) is 6.41. The Bertz CT molecular complexity index is 502. The average Bonchev–Trinajstić information content (AvgIpc) is 2.45. The van der Waals surface area contributed by atoms with Crippen LogP contribution in [-0.4, -0.2) is 34.6 Å². The number of benzene rings is 1. The van der Waals surface area contributed by atoms with Crippen molar-refractivity contribution in [3.63, 3.8) is 0 Å². The van der Waals surface area contributed by atoms with E-state index in [2.05, 4.69) is 11.4 Å². The number of nitrogens with zero attached hydrogens (tertiary/aromatic N) is 1. The minimum absolute atomic E-state index is 0.0351. The van der Waals surface area contributed by atoms with Gasteiger partial charge in [-0.2, -0.15) is 0 Å². The molecular formula is C15H20N2O3. The summed E-state index contributed by atoms with van der Waals surface area (Å²) in [6.45, 7) is 3.14. The van der Waals surface area contributed by atoms with Gasteiger partial charge in [-0.1, -0.05) is 31.2 Å². The minimum atomic E-state index is -0.888. The van der Waals surface area contributed by atoms with Crippen molar-refractivity contribution >= 4 is 12.0 Å².